The summed E-state index contributed by atoms with van der Waals surface area (Å²) in [6.45, 7) is 4.26. The van der Waals surface area contributed by atoms with E-state index in [0.29, 0.717) is 18.4 Å². The molecule has 0 aromatic rings. The predicted octanol–water partition coefficient (Wildman–Crippen LogP) is 3.67. The Labute approximate surface area is 146 Å². The summed E-state index contributed by atoms with van der Waals surface area (Å²) in [6.07, 6.45) is 3.83. The number of aliphatic hydroxyl groups excluding tert-OH is 1. The molecular weight excluding hydrogens is 284 g/mol. The summed E-state index contributed by atoms with van der Waals surface area (Å²) in [5.41, 5.74) is 0.119. The molecule has 0 bridgehead atoms. The molecule has 0 aromatic heterocycles. The molecule has 23 heavy (non-hydrogen) atoms. The fourth-order valence-corrected chi connectivity index (χ4v) is 6.27. The van der Waals surface area contributed by atoms with E-state index in [4.69, 9.17) is 11.9 Å². The van der Waals surface area contributed by atoms with Gasteiger partial charge in [-0.1, -0.05) is 30.9 Å². The number of fused-ring (bicyclic) bond motifs is 4. The normalized spacial score (nSPS) is 59.3. The summed E-state index contributed by atoms with van der Waals surface area (Å²) in [5.74, 6) is 3.57. The summed E-state index contributed by atoms with van der Waals surface area (Å²) in [7, 11) is 0. The quantitative estimate of drug-likeness (QED) is 0.528. The van der Waals surface area contributed by atoms with Crippen molar-refractivity contribution in [2.45, 2.75) is 76.8 Å². The second-order valence-corrected chi connectivity index (χ2v) is 8.40. The highest BCUT2D eigenvalue weighted by molar-refractivity contribution is 5.30. The van der Waals surface area contributed by atoms with Gasteiger partial charge in [0, 0.05) is 10.9 Å². The van der Waals surface area contributed by atoms with Crippen molar-refractivity contribution in [2.75, 3.05) is 0 Å². The van der Waals surface area contributed by atoms with E-state index in [-0.39, 0.29) is 35.5 Å². The Morgan fingerprint density at radius 1 is 1.35 bits per heavy atom. The van der Waals surface area contributed by atoms with Crippen LogP contribution in [0.3, 0.4) is 0 Å². The molecule has 0 spiro atoms. The van der Waals surface area contributed by atoms with Crippen LogP contribution in [0.4, 0.5) is 0 Å². The average Bonchev–Trinajstić information content (AvgIpc) is 2.87. The number of rotatable bonds is 0. The molecule has 0 aromatic carbocycles. The third-order valence-corrected chi connectivity index (χ3v) is 7.54. The molecule has 0 aliphatic heterocycles. The Morgan fingerprint density at radius 2 is 2.13 bits per heavy atom. The summed E-state index contributed by atoms with van der Waals surface area (Å²) >= 11 is 0. The lowest BCUT2D eigenvalue weighted by atomic mass is 9.50. The lowest BCUT2D eigenvalue weighted by Gasteiger charge is -2.55. The first-order valence-corrected chi connectivity index (χ1v) is 9.00. The maximum absolute atomic E-state index is 11.1. The van der Waals surface area contributed by atoms with Crippen LogP contribution in [0.5, 0.6) is 0 Å². The van der Waals surface area contributed by atoms with Crippen molar-refractivity contribution in [2.24, 2.45) is 29.1 Å². The minimum atomic E-state index is -2.02. The molecule has 0 radical (unpaired) electrons. The van der Waals surface area contributed by atoms with Gasteiger partial charge in [0.1, 0.15) is 5.60 Å². The smallest absolute Gasteiger partial charge is 0.130 e. The van der Waals surface area contributed by atoms with E-state index in [1.165, 1.54) is 0 Å². The van der Waals surface area contributed by atoms with Crippen molar-refractivity contribution in [3.8, 4) is 12.3 Å². The van der Waals surface area contributed by atoms with Crippen LogP contribution in [0.25, 0.3) is 0 Å². The van der Waals surface area contributed by atoms with Gasteiger partial charge in [-0.15, -0.1) is 6.42 Å². The van der Waals surface area contributed by atoms with Crippen LogP contribution >= 0.6 is 0 Å². The number of hydrogen-bond donors (Lipinski definition) is 2. The highest BCUT2D eigenvalue weighted by atomic mass is 16.3. The Bertz CT molecular complexity index is 739. The van der Waals surface area contributed by atoms with Crippen molar-refractivity contribution in [3.05, 3.63) is 11.1 Å². The predicted molar refractivity (Wildman–Crippen MR) is 91.5 cm³/mol. The van der Waals surface area contributed by atoms with Gasteiger partial charge in [0.2, 0.25) is 0 Å². The van der Waals surface area contributed by atoms with Gasteiger partial charge < -0.3 is 10.2 Å². The average molecular weight is 318 g/mol. The Morgan fingerprint density at radius 3 is 2.87 bits per heavy atom. The van der Waals surface area contributed by atoms with E-state index >= 15 is 0 Å². The molecule has 2 heteroatoms. The van der Waals surface area contributed by atoms with Gasteiger partial charge in [-0.3, -0.25) is 0 Å². The monoisotopic (exact) mass is 318 g/mol. The molecular formula is C21H30O2. The Balaban J connectivity index is 1.78. The lowest BCUT2D eigenvalue weighted by molar-refractivity contribution is -0.0813. The molecule has 0 amide bonds. The molecule has 4 aliphatic carbocycles. The second kappa shape index (κ2) is 5.11. The SMILES string of the molecule is [2H]C1([2H])CC2=C(C[C@@H](C)[C@@H]3[C@@H]2CC[C@@]2(C)[C@H]3CC[C@@]2(O)C#C)C([2H])([2H])[C@H]1O. The van der Waals surface area contributed by atoms with Crippen molar-refractivity contribution in [1.29, 1.82) is 0 Å². The zero-order valence-electron chi connectivity index (χ0n) is 18.1. The molecule has 2 nitrogen and oxygen atoms in total. The van der Waals surface area contributed by atoms with Gasteiger partial charge in [-0.05, 0) is 74.9 Å². The van der Waals surface area contributed by atoms with Gasteiger partial charge >= 0.3 is 0 Å². The standard InChI is InChI=1S/C21H30O2/c1-4-21(23)10-8-18-19-13(2)11-14-12-15(22)5-6-16(14)17(19)7-9-20(18,21)3/h1,13,15,17-19,22-23H,5-12H2,2-3H3/t13-,15+,17-,18+,19-,20+,21+/m1/s1/i5D2,12D2. The molecule has 0 heterocycles. The van der Waals surface area contributed by atoms with Crippen molar-refractivity contribution in [3.63, 3.8) is 0 Å². The molecule has 4 rings (SSSR count). The summed E-state index contributed by atoms with van der Waals surface area (Å²) in [5, 5.41) is 21.4. The largest absolute Gasteiger partial charge is 0.393 e. The summed E-state index contributed by atoms with van der Waals surface area (Å²) < 4.78 is 33.3. The third-order valence-electron chi connectivity index (χ3n) is 7.54. The number of allylic oxidation sites excluding steroid dienone is 1. The fourth-order valence-electron chi connectivity index (χ4n) is 6.27. The first-order chi connectivity index (χ1) is 12.4. The first-order valence-electron chi connectivity index (χ1n) is 11.0. The molecule has 2 fully saturated rings. The van der Waals surface area contributed by atoms with Crippen LogP contribution < -0.4 is 0 Å². The number of hydrogen-bond acceptors (Lipinski definition) is 2. The van der Waals surface area contributed by atoms with Crippen LogP contribution in [0.2, 0.25) is 0 Å². The van der Waals surface area contributed by atoms with Gasteiger partial charge in [0.25, 0.3) is 0 Å². The molecule has 2 N–H and O–H groups in total. The Hall–Kier alpha value is -0.780. The molecule has 0 unspecified atom stereocenters. The zero-order chi connectivity index (χ0) is 20.0. The van der Waals surface area contributed by atoms with Crippen LogP contribution in [0.15, 0.2) is 11.1 Å². The molecule has 4 aliphatic rings. The third kappa shape index (κ3) is 2.02. The van der Waals surface area contributed by atoms with Crippen LogP contribution in [0.1, 0.15) is 70.6 Å². The van der Waals surface area contributed by atoms with E-state index in [1.807, 2.05) is 0 Å². The van der Waals surface area contributed by atoms with Gasteiger partial charge in [-0.2, -0.15) is 0 Å². The zero-order valence-corrected chi connectivity index (χ0v) is 14.1. The van der Waals surface area contributed by atoms with E-state index < -0.39 is 24.5 Å². The molecule has 2 saturated carbocycles. The molecule has 7 atom stereocenters. The van der Waals surface area contributed by atoms with E-state index in [1.54, 1.807) is 0 Å². The van der Waals surface area contributed by atoms with Gasteiger partial charge in [0.05, 0.1) is 6.10 Å². The molecule has 0 saturated heterocycles. The van der Waals surface area contributed by atoms with Crippen LogP contribution in [-0.2, 0) is 0 Å². The van der Waals surface area contributed by atoms with E-state index in [9.17, 15) is 10.2 Å². The van der Waals surface area contributed by atoms with E-state index in [2.05, 4.69) is 19.8 Å². The summed E-state index contributed by atoms with van der Waals surface area (Å²) in [4.78, 5) is 0. The van der Waals surface area contributed by atoms with Crippen LogP contribution in [-0.4, -0.2) is 21.9 Å². The van der Waals surface area contributed by atoms with E-state index in [0.717, 1.165) is 24.8 Å². The highest BCUT2D eigenvalue weighted by Gasteiger charge is 2.62. The highest BCUT2D eigenvalue weighted by Crippen LogP contribution is 2.65. The maximum Gasteiger partial charge on any atom is 0.130 e. The summed E-state index contributed by atoms with van der Waals surface area (Å²) in [6, 6.07) is 0. The second-order valence-electron chi connectivity index (χ2n) is 8.40. The Kier molecular flexibility index (Phi) is 2.60. The molecule has 126 valence electrons. The number of terminal acetylenes is 1. The fraction of sp³-hybridized carbons (Fsp3) is 0.810. The minimum absolute atomic E-state index is 0.111. The van der Waals surface area contributed by atoms with Crippen molar-refractivity contribution in [1.82, 2.24) is 0 Å². The van der Waals surface area contributed by atoms with Gasteiger partial charge in [-0.25, -0.2) is 0 Å². The van der Waals surface area contributed by atoms with Crippen molar-refractivity contribution < 1.29 is 15.7 Å². The first kappa shape index (κ1) is 11.7. The van der Waals surface area contributed by atoms with Gasteiger partial charge in [0.15, 0.2) is 0 Å². The minimum Gasteiger partial charge on any atom is -0.393 e. The topological polar surface area (TPSA) is 40.5 Å². The van der Waals surface area contributed by atoms with Crippen molar-refractivity contribution >= 4 is 0 Å². The lowest BCUT2D eigenvalue weighted by Crippen LogP contribution is -2.52. The van der Waals surface area contributed by atoms with Crippen LogP contribution in [0, 0.1) is 41.4 Å². The maximum atomic E-state index is 11.1. The number of aliphatic hydroxyl groups is 2.